The molecule has 0 aliphatic heterocycles. The third-order valence-electron chi connectivity index (χ3n) is 3.11. The van der Waals surface area contributed by atoms with Gasteiger partial charge in [0.2, 0.25) is 0 Å². The van der Waals surface area contributed by atoms with Crippen molar-refractivity contribution in [1.82, 2.24) is 9.38 Å². The first kappa shape index (κ1) is 12.6. The molecule has 0 atom stereocenters. The van der Waals surface area contributed by atoms with Crippen LogP contribution in [0.2, 0.25) is 0 Å². The fourth-order valence-electron chi connectivity index (χ4n) is 2.32. The third-order valence-corrected chi connectivity index (χ3v) is 4.72. The molecule has 2 heterocycles. The molecule has 19 heavy (non-hydrogen) atoms. The van der Waals surface area contributed by atoms with Gasteiger partial charge < -0.3 is 4.40 Å². The highest BCUT2D eigenvalue weighted by molar-refractivity contribution is 7.99. The summed E-state index contributed by atoms with van der Waals surface area (Å²) < 4.78 is 2.23. The largest absolute Gasteiger partial charge is 0.307 e. The molecule has 3 rings (SSSR count). The van der Waals surface area contributed by atoms with Crippen molar-refractivity contribution in [2.24, 2.45) is 0 Å². The summed E-state index contributed by atoms with van der Waals surface area (Å²) in [4.78, 5) is 5.56. The predicted molar refractivity (Wildman–Crippen MR) is 84.2 cm³/mol. The van der Waals surface area contributed by atoms with Crippen LogP contribution in [-0.2, 0) is 0 Å². The average molecular weight is 286 g/mol. The molecule has 0 aliphatic rings. The predicted octanol–water partition coefficient (Wildman–Crippen LogP) is 4.45. The van der Waals surface area contributed by atoms with Crippen LogP contribution >= 0.6 is 23.5 Å². The van der Waals surface area contributed by atoms with Gasteiger partial charge in [0.1, 0.15) is 0 Å². The van der Waals surface area contributed by atoms with E-state index in [4.69, 9.17) is 0 Å². The Morgan fingerprint density at radius 3 is 2.53 bits per heavy atom. The van der Waals surface area contributed by atoms with E-state index in [9.17, 15) is 0 Å². The number of hydrogen-bond acceptors (Lipinski definition) is 3. The zero-order chi connectivity index (χ0) is 13.2. The fraction of sp³-hybridized carbons (Fsp3) is 0.133. The minimum Gasteiger partial charge on any atom is -0.307 e. The van der Waals surface area contributed by atoms with Gasteiger partial charge in [-0.05, 0) is 18.1 Å². The maximum absolute atomic E-state index is 4.26. The summed E-state index contributed by atoms with van der Waals surface area (Å²) in [5, 5.41) is 1.27. The summed E-state index contributed by atoms with van der Waals surface area (Å²) >= 11 is 3.56. The molecule has 0 radical (unpaired) electrons. The first-order valence-corrected chi connectivity index (χ1v) is 8.43. The lowest BCUT2D eigenvalue weighted by atomic mass is 10.1. The van der Waals surface area contributed by atoms with Crippen LogP contribution in [0.25, 0.3) is 16.6 Å². The molecule has 4 heteroatoms. The Morgan fingerprint density at radius 1 is 1.05 bits per heavy atom. The van der Waals surface area contributed by atoms with E-state index in [-0.39, 0.29) is 0 Å². The summed E-state index contributed by atoms with van der Waals surface area (Å²) in [5.41, 5.74) is 3.76. The van der Waals surface area contributed by atoms with Gasteiger partial charge in [-0.15, -0.1) is 23.5 Å². The van der Waals surface area contributed by atoms with Crippen LogP contribution in [0.5, 0.6) is 0 Å². The van der Waals surface area contributed by atoms with Crippen LogP contribution < -0.4 is 0 Å². The van der Waals surface area contributed by atoms with Gasteiger partial charge in [0, 0.05) is 22.9 Å². The van der Waals surface area contributed by atoms with Gasteiger partial charge >= 0.3 is 0 Å². The van der Waals surface area contributed by atoms with Crippen molar-refractivity contribution in [2.45, 2.75) is 9.92 Å². The van der Waals surface area contributed by atoms with E-state index in [0.29, 0.717) is 0 Å². The molecule has 0 unspecified atom stereocenters. The highest BCUT2D eigenvalue weighted by Crippen LogP contribution is 2.42. The highest BCUT2D eigenvalue weighted by atomic mass is 32.2. The lowest BCUT2D eigenvalue weighted by Crippen LogP contribution is -1.86. The zero-order valence-electron chi connectivity index (χ0n) is 10.8. The van der Waals surface area contributed by atoms with E-state index in [1.54, 1.807) is 23.5 Å². The molecule has 3 aromatic rings. The number of benzene rings is 1. The number of nitrogens with zero attached hydrogens (tertiary/aromatic N) is 2. The van der Waals surface area contributed by atoms with Crippen molar-refractivity contribution in [3.8, 4) is 11.1 Å². The smallest absolute Gasteiger partial charge is 0.0884 e. The molecule has 0 aliphatic carbocycles. The fourth-order valence-corrected chi connectivity index (χ4v) is 3.94. The SMILES string of the molecule is CSc1c(-c2ccccc2)c(SC)n2ccncc12. The van der Waals surface area contributed by atoms with E-state index in [2.05, 4.69) is 52.2 Å². The molecule has 96 valence electrons. The topological polar surface area (TPSA) is 17.3 Å². The monoisotopic (exact) mass is 286 g/mol. The van der Waals surface area contributed by atoms with Crippen molar-refractivity contribution in [3.63, 3.8) is 0 Å². The van der Waals surface area contributed by atoms with Crippen LogP contribution in [-0.4, -0.2) is 21.9 Å². The van der Waals surface area contributed by atoms with Crippen molar-refractivity contribution in [1.29, 1.82) is 0 Å². The molecule has 0 saturated carbocycles. The van der Waals surface area contributed by atoms with E-state index in [1.807, 2.05) is 18.6 Å². The Labute approximate surface area is 121 Å². The quantitative estimate of drug-likeness (QED) is 0.662. The summed E-state index contributed by atoms with van der Waals surface area (Å²) in [6.07, 6.45) is 10.1. The van der Waals surface area contributed by atoms with Crippen LogP contribution in [0.15, 0.2) is 58.8 Å². The Bertz CT molecular complexity index is 664. The van der Waals surface area contributed by atoms with Crippen molar-refractivity contribution in [3.05, 3.63) is 48.9 Å². The second kappa shape index (κ2) is 5.31. The summed E-state index contributed by atoms with van der Waals surface area (Å²) in [5.74, 6) is 0. The van der Waals surface area contributed by atoms with E-state index in [0.717, 1.165) is 0 Å². The van der Waals surface area contributed by atoms with E-state index >= 15 is 0 Å². The Balaban J connectivity index is 2.40. The third kappa shape index (κ3) is 2.05. The van der Waals surface area contributed by atoms with Gasteiger partial charge in [-0.2, -0.15) is 0 Å². The normalized spacial score (nSPS) is 11.1. The lowest BCUT2D eigenvalue weighted by Gasteiger charge is -2.04. The lowest BCUT2D eigenvalue weighted by molar-refractivity contribution is 1.03. The van der Waals surface area contributed by atoms with Crippen LogP contribution in [0.3, 0.4) is 0 Å². The van der Waals surface area contributed by atoms with Gasteiger partial charge in [0.05, 0.1) is 16.7 Å². The van der Waals surface area contributed by atoms with Gasteiger partial charge in [0.15, 0.2) is 0 Å². The molecule has 0 fully saturated rings. The average Bonchev–Trinajstić information content (AvgIpc) is 2.81. The Kier molecular flexibility index (Phi) is 3.53. The standard InChI is InChI=1S/C15H14N2S2/c1-18-14-12-10-16-8-9-17(12)15(19-2)13(14)11-6-4-3-5-7-11/h3-10H,1-2H3. The minimum absolute atomic E-state index is 1.18. The zero-order valence-corrected chi connectivity index (χ0v) is 12.5. The van der Waals surface area contributed by atoms with E-state index in [1.165, 1.54) is 26.6 Å². The maximum Gasteiger partial charge on any atom is 0.0884 e. The molecular weight excluding hydrogens is 272 g/mol. The molecule has 0 saturated heterocycles. The summed E-state index contributed by atoms with van der Waals surface area (Å²) in [6, 6.07) is 10.6. The molecule has 2 nitrogen and oxygen atoms in total. The number of thioether (sulfide) groups is 2. The van der Waals surface area contributed by atoms with Gasteiger partial charge in [-0.25, -0.2) is 0 Å². The maximum atomic E-state index is 4.26. The van der Waals surface area contributed by atoms with Crippen molar-refractivity contribution < 1.29 is 0 Å². The van der Waals surface area contributed by atoms with Crippen LogP contribution in [0.4, 0.5) is 0 Å². The molecule has 2 aromatic heterocycles. The minimum atomic E-state index is 1.18. The van der Waals surface area contributed by atoms with Crippen molar-refractivity contribution in [2.75, 3.05) is 12.5 Å². The van der Waals surface area contributed by atoms with Crippen LogP contribution in [0, 0.1) is 0 Å². The molecule has 0 bridgehead atoms. The van der Waals surface area contributed by atoms with Gasteiger partial charge in [0.25, 0.3) is 0 Å². The molecule has 0 amide bonds. The number of aromatic nitrogens is 2. The molecular formula is C15H14N2S2. The highest BCUT2D eigenvalue weighted by Gasteiger charge is 2.18. The second-order valence-corrected chi connectivity index (χ2v) is 5.73. The van der Waals surface area contributed by atoms with Crippen LogP contribution in [0.1, 0.15) is 0 Å². The Hall–Kier alpha value is -1.39. The number of hydrogen-bond donors (Lipinski definition) is 0. The molecule has 0 N–H and O–H groups in total. The van der Waals surface area contributed by atoms with Gasteiger partial charge in [-0.1, -0.05) is 30.3 Å². The Morgan fingerprint density at radius 2 is 1.84 bits per heavy atom. The second-order valence-electron chi connectivity index (χ2n) is 4.12. The summed E-state index contributed by atoms with van der Waals surface area (Å²) in [7, 11) is 0. The molecule has 1 aromatic carbocycles. The first-order valence-electron chi connectivity index (χ1n) is 5.98. The first-order chi connectivity index (χ1) is 9.36. The van der Waals surface area contributed by atoms with E-state index < -0.39 is 0 Å². The molecule has 0 spiro atoms. The summed E-state index contributed by atoms with van der Waals surface area (Å²) in [6.45, 7) is 0. The van der Waals surface area contributed by atoms with Gasteiger partial charge in [-0.3, -0.25) is 4.98 Å². The number of fused-ring (bicyclic) bond motifs is 1. The van der Waals surface area contributed by atoms with Crippen molar-refractivity contribution >= 4 is 29.0 Å². The number of rotatable bonds is 3.